The van der Waals surface area contributed by atoms with Crippen molar-refractivity contribution in [1.82, 2.24) is 15.2 Å². The van der Waals surface area contributed by atoms with E-state index in [0.29, 0.717) is 16.4 Å². The minimum absolute atomic E-state index is 0.0357. The number of rotatable bonds is 6. The number of nitrogens with one attached hydrogen (secondary N) is 1. The summed E-state index contributed by atoms with van der Waals surface area (Å²) in [7, 11) is 0. The number of benzene rings is 1. The van der Waals surface area contributed by atoms with E-state index < -0.39 is 6.68 Å². The van der Waals surface area contributed by atoms with Crippen LogP contribution in [-0.2, 0) is 0 Å². The third kappa shape index (κ3) is 7.60. The van der Waals surface area contributed by atoms with E-state index in [4.69, 9.17) is 11.6 Å². The van der Waals surface area contributed by atoms with Gasteiger partial charge in [0, 0.05) is 12.1 Å². The van der Waals surface area contributed by atoms with Crippen molar-refractivity contribution in [2.24, 2.45) is 0 Å². The zero-order chi connectivity index (χ0) is 21.4. The van der Waals surface area contributed by atoms with Crippen molar-refractivity contribution in [1.29, 1.82) is 0 Å². The van der Waals surface area contributed by atoms with Crippen LogP contribution in [0.1, 0.15) is 40.2 Å². The number of thiazole rings is 1. The van der Waals surface area contributed by atoms with E-state index in [2.05, 4.69) is 15.2 Å². The monoisotopic (exact) mass is 447 g/mol. The molecular formula is C20H25ClF3N3OS. The number of likely N-dealkylation sites (tertiary alicyclic amines) is 1. The van der Waals surface area contributed by atoms with Crippen LogP contribution in [0, 0.1) is 13.8 Å². The largest absolute Gasteiger partial charge is 0.379 e. The zero-order valence-electron chi connectivity index (χ0n) is 16.5. The number of halogens is 4. The van der Waals surface area contributed by atoms with Crippen molar-refractivity contribution in [3.8, 4) is 10.6 Å². The molecule has 0 spiro atoms. The van der Waals surface area contributed by atoms with Gasteiger partial charge in [0.25, 0.3) is 5.91 Å². The molecule has 160 valence electrons. The summed E-state index contributed by atoms with van der Waals surface area (Å²) >= 11 is 7.71. The summed E-state index contributed by atoms with van der Waals surface area (Å²) in [6.07, 6.45) is 3.59. The number of hydrogen-bond donors (Lipinski definition) is 1. The fraction of sp³-hybridized carbons (Fsp3) is 0.500. The Labute approximate surface area is 178 Å². The molecule has 1 N–H and O–H groups in total. The molecule has 4 nitrogen and oxygen atoms in total. The second kappa shape index (κ2) is 11.5. The smallest absolute Gasteiger partial charge is 0.351 e. The van der Waals surface area contributed by atoms with Crippen LogP contribution in [-0.4, -0.2) is 48.6 Å². The van der Waals surface area contributed by atoms with Gasteiger partial charge in [0.2, 0.25) is 0 Å². The van der Waals surface area contributed by atoms with Crippen LogP contribution in [0.25, 0.3) is 10.6 Å². The number of nitrogens with zero attached hydrogens (tertiary/aromatic N) is 2. The lowest BCUT2D eigenvalue weighted by Crippen LogP contribution is -2.28. The number of carbonyl (C=O) groups is 1. The summed E-state index contributed by atoms with van der Waals surface area (Å²) in [4.78, 5) is 20.2. The van der Waals surface area contributed by atoms with Crippen LogP contribution in [0.5, 0.6) is 0 Å². The highest BCUT2D eigenvalue weighted by Gasteiger charge is 2.18. The molecule has 3 rings (SSSR count). The molecular weight excluding hydrogens is 423 g/mol. The molecule has 0 atom stereocenters. The maximum absolute atomic E-state index is 12.5. The van der Waals surface area contributed by atoms with Crippen LogP contribution in [0.15, 0.2) is 18.2 Å². The predicted octanol–water partition coefficient (Wildman–Crippen LogP) is 5.47. The molecule has 1 aromatic carbocycles. The Hall–Kier alpha value is -1.64. The first-order chi connectivity index (χ1) is 13.8. The highest BCUT2D eigenvalue weighted by Crippen LogP contribution is 2.33. The Kier molecular flexibility index (Phi) is 9.39. The molecule has 0 unspecified atom stereocenters. The molecule has 1 aliphatic rings. The van der Waals surface area contributed by atoms with Gasteiger partial charge in [-0.1, -0.05) is 23.2 Å². The van der Waals surface area contributed by atoms with E-state index in [9.17, 15) is 18.0 Å². The van der Waals surface area contributed by atoms with Crippen LogP contribution in [0.2, 0.25) is 5.02 Å². The molecule has 2 aromatic rings. The van der Waals surface area contributed by atoms with Crippen molar-refractivity contribution in [2.45, 2.75) is 39.8 Å². The molecule has 0 saturated carbocycles. The molecule has 1 saturated heterocycles. The first kappa shape index (κ1) is 23.6. The van der Waals surface area contributed by atoms with Gasteiger partial charge >= 0.3 is 6.68 Å². The van der Waals surface area contributed by atoms with E-state index >= 15 is 0 Å². The van der Waals surface area contributed by atoms with Crippen molar-refractivity contribution in [3.63, 3.8) is 0 Å². The average Bonchev–Trinajstić information content (AvgIpc) is 3.30. The molecule has 1 fully saturated rings. The third-order valence-electron chi connectivity index (χ3n) is 4.49. The molecule has 2 heterocycles. The quantitative estimate of drug-likeness (QED) is 0.597. The minimum Gasteiger partial charge on any atom is -0.351 e. The summed E-state index contributed by atoms with van der Waals surface area (Å²) in [6.45, 7) is 4.39. The summed E-state index contributed by atoms with van der Waals surface area (Å²) in [5, 5.41) is 4.49. The summed E-state index contributed by atoms with van der Waals surface area (Å²) in [5.41, 5.74) is 2.78. The maximum atomic E-state index is 12.5. The summed E-state index contributed by atoms with van der Waals surface area (Å²) < 4.78 is 29.0. The number of alkyl halides is 3. The number of aromatic nitrogens is 1. The Balaban J connectivity index is 0.000000687. The van der Waals surface area contributed by atoms with Gasteiger partial charge in [0.1, 0.15) is 9.88 Å². The lowest BCUT2D eigenvalue weighted by atomic mass is 10.1. The van der Waals surface area contributed by atoms with Crippen LogP contribution >= 0.6 is 22.9 Å². The molecule has 9 heteroatoms. The standard InChI is InChI=1S/C19H24ClN3OS.CHF3/c1-13-6-7-16(20)15(12-13)19-22-14(2)17(25-19)18(24)21-8-5-11-23-9-3-4-10-23;2-1(3)4/h6-7,12H,3-5,8-11H2,1-2H3,(H,21,24);1H. The Bertz CT molecular complexity index is 808. The molecule has 29 heavy (non-hydrogen) atoms. The molecule has 0 aliphatic carbocycles. The highest BCUT2D eigenvalue weighted by atomic mass is 35.5. The Morgan fingerprint density at radius 1 is 1.28 bits per heavy atom. The number of hydrogen-bond acceptors (Lipinski definition) is 4. The second-order valence-corrected chi connectivity index (χ2v) is 8.23. The van der Waals surface area contributed by atoms with E-state index in [1.54, 1.807) is 0 Å². The topological polar surface area (TPSA) is 45.2 Å². The summed E-state index contributed by atoms with van der Waals surface area (Å²) in [5.74, 6) is -0.0357. The van der Waals surface area contributed by atoms with E-state index in [1.165, 1.54) is 37.3 Å². The average molecular weight is 448 g/mol. The fourth-order valence-electron chi connectivity index (χ4n) is 3.12. The maximum Gasteiger partial charge on any atom is 0.379 e. The molecule has 1 aliphatic heterocycles. The van der Waals surface area contributed by atoms with Gasteiger partial charge in [-0.3, -0.25) is 4.79 Å². The highest BCUT2D eigenvalue weighted by molar-refractivity contribution is 7.17. The Morgan fingerprint density at radius 3 is 2.59 bits per heavy atom. The predicted molar refractivity (Wildman–Crippen MR) is 112 cm³/mol. The van der Waals surface area contributed by atoms with E-state index in [1.807, 2.05) is 32.0 Å². The van der Waals surface area contributed by atoms with Crippen molar-refractivity contribution >= 4 is 28.8 Å². The first-order valence-corrected chi connectivity index (χ1v) is 10.6. The van der Waals surface area contributed by atoms with Crippen LogP contribution in [0.3, 0.4) is 0 Å². The van der Waals surface area contributed by atoms with Gasteiger partial charge in [0.05, 0.1) is 10.7 Å². The zero-order valence-corrected chi connectivity index (χ0v) is 18.1. The third-order valence-corrected chi connectivity index (χ3v) is 6.01. The first-order valence-electron chi connectivity index (χ1n) is 9.44. The van der Waals surface area contributed by atoms with Gasteiger partial charge in [-0.2, -0.15) is 13.2 Å². The van der Waals surface area contributed by atoms with E-state index in [0.717, 1.165) is 34.8 Å². The fourth-order valence-corrected chi connectivity index (χ4v) is 4.39. The number of carbonyl (C=O) groups excluding carboxylic acids is 1. The van der Waals surface area contributed by atoms with Crippen molar-refractivity contribution < 1.29 is 18.0 Å². The molecule has 1 aromatic heterocycles. The van der Waals surface area contributed by atoms with Gasteiger partial charge in [-0.25, -0.2) is 4.98 Å². The second-order valence-electron chi connectivity index (χ2n) is 6.82. The Morgan fingerprint density at radius 2 is 1.93 bits per heavy atom. The SMILES string of the molecule is Cc1ccc(Cl)c(-c2nc(C)c(C(=O)NCCCN3CCCC3)s2)c1.FC(F)F. The normalized spacial score (nSPS) is 14.0. The number of amides is 1. The molecule has 0 radical (unpaired) electrons. The summed E-state index contributed by atoms with van der Waals surface area (Å²) in [6, 6.07) is 5.86. The number of aryl methyl sites for hydroxylation is 2. The van der Waals surface area contributed by atoms with Crippen molar-refractivity contribution in [2.75, 3.05) is 26.2 Å². The van der Waals surface area contributed by atoms with Gasteiger partial charge in [-0.15, -0.1) is 11.3 Å². The molecule has 0 bridgehead atoms. The van der Waals surface area contributed by atoms with Gasteiger partial charge in [-0.05, 0) is 64.9 Å². The van der Waals surface area contributed by atoms with Crippen molar-refractivity contribution in [3.05, 3.63) is 39.4 Å². The molecule has 1 amide bonds. The van der Waals surface area contributed by atoms with Gasteiger partial charge in [0.15, 0.2) is 0 Å². The van der Waals surface area contributed by atoms with Crippen LogP contribution < -0.4 is 5.32 Å². The van der Waals surface area contributed by atoms with Crippen LogP contribution in [0.4, 0.5) is 13.2 Å². The minimum atomic E-state index is -3.67. The van der Waals surface area contributed by atoms with Gasteiger partial charge < -0.3 is 10.2 Å². The van der Waals surface area contributed by atoms with E-state index in [-0.39, 0.29) is 5.91 Å². The lowest BCUT2D eigenvalue weighted by molar-refractivity contribution is 0.00818. The lowest BCUT2D eigenvalue weighted by Gasteiger charge is -2.14.